The van der Waals surface area contributed by atoms with Crippen LogP contribution in [0.3, 0.4) is 0 Å². The molecule has 0 aliphatic carbocycles. The number of nitrogens with one attached hydrogen (secondary N) is 1. The number of nitrogens with zero attached hydrogens (tertiary/aromatic N) is 6. The molecule has 0 spiro atoms. The van der Waals surface area contributed by atoms with Gasteiger partial charge in [0.2, 0.25) is 0 Å². The minimum absolute atomic E-state index is 0.0114. The van der Waals surface area contributed by atoms with Gasteiger partial charge in [-0.25, -0.2) is 9.59 Å². The summed E-state index contributed by atoms with van der Waals surface area (Å²) >= 11 is 0. The van der Waals surface area contributed by atoms with Crippen LogP contribution in [-0.2, 0) is 19.5 Å². The lowest BCUT2D eigenvalue weighted by atomic mass is 10.0. The molecule has 0 saturated carbocycles. The summed E-state index contributed by atoms with van der Waals surface area (Å²) in [6.45, 7) is 3.01. The number of hydrogen-bond donors (Lipinski definition) is 1. The molecule has 166 valence electrons. The normalized spacial score (nSPS) is 18.5. The molecular formula is C22H31N7O2. The summed E-state index contributed by atoms with van der Waals surface area (Å²) in [6.07, 6.45) is 3.77. The summed E-state index contributed by atoms with van der Waals surface area (Å²) in [4.78, 5) is 30.6. The quantitative estimate of drug-likeness (QED) is 0.814. The zero-order valence-corrected chi connectivity index (χ0v) is 18.3. The van der Waals surface area contributed by atoms with Crippen molar-refractivity contribution < 1.29 is 9.59 Å². The molecule has 1 aromatic heterocycles. The Morgan fingerprint density at radius 2 is 1.90 bits per heavy atom. The summed E-state index contributed by atoms with van der Waals surface area (Å²) in [5.41, 5.74) is 1.20. The van der Waals surface area contributed by atoms with Crippen LogP contribution in [0.1, 0.15) is 42.5 Å². The fraction of sp³-hybridized carbons (Fsp3) is 0.545. The van der Waals surface area contributed by atoms with Crippen molar-refractivity contribution in [3.05, 3.63) is 47.5 Å². The van der Waals surface area contributed by atoms with Gasteiger partial charge in [-0.3, -0.25) is 0 Å². The molecule has 9 nitrogen and oxygen atoms in total. The Hall–Kier alpha value is -3.10. The number of fused-ring (bicyclic) bond motifs is 1. The smallest absolute Gasteiger partial charge is 0.320 e. The summed E-state index contributed by atoms with van der Waals surface area (Å²) < 4.78 is 2.10. The number of rotatable bonds is 4. The van der Waals surface area contributed by atoms with Gasteiger partial charge in [0.1, 0.15) is 0 Å². The fourth-order valence-corrected chi connectivity index (χ4v) is 4.36. The van der Waals surface area contributed by atoms with Gasteiger partial charge in [-0.15, -0.1) is 10.2 Å². The Balaban J connectivity index is 1.38. The molecule has 4 amide bonds. The van der Waals surface area contributed by atoms with E-state index in [2.05, 4.69) is 32.2 Å². The number of benzene rings is 1. The van der Waals surface area contributed by atoms with Crippen molar-refractivity contribution in [1.82, 2.24) is 34.8 Å². The molecule has 2 aliphatic heterocycles. The molecule has 1 atom stereocenters. The standard InChI is InChI=1S/C22H31N7O2/c1-26(2)22(31)28-13-7-6-10-18(28)20-25-24-19-16-27(14-15-29(19)20)21(30)23-12-11-17-8-4-3-5-9-17/h3-5,8-9,18H,6-7,10-16H2,1-2H3,(H,23,30). The van der Waals surface area contributed by atoms with Crippen molar-refractivity contribution in [2.24, 2.45) is 0 Å². The van der Waals surface area contributed by atoms with Gasteiger partial charge >= 0.3 is 12.1 Å². The highest BCUT2D eigenvalue weighted by atomic mass is 16.2. The Morgan fingerprint density at radius 3 is 2.68 bits per heavy atom. The van der Waals surface area contributed by atoms with Gasteiger partial charge in [-0.1, -0.05) is 30.3 Å². The lowest BCUT2D eigenvalue weighted by Gasteiger charge is -2.37. The lowest BCUT2D eigenvalue weighted by Crippen LogP contribution is -2.47. The van der Waals surface area contributed by atoms with Crippen LogP contribution in [-0.4, -0.2) is 75.3 Å². The molecule has 9 heteroatoms. The predicted octanol–water partition coefficient (Wildman–Crippen LogP) is 2.25. The number of likely N-dealkylation sites (tertiary alicyclic amines) is 1. The first-order valence-corrected chi connectivity index (χ1v) is 11.0. The molecule has 1 aromatic carbocycles. The van der Waals surface area contributed by atoms with Crippen molar-refractivity contribution in [2.75, 3.05) is 33.7 Å². The van der Waals surface area contributed by atoms with E-state index in [-0.39, 0.29) is 18.1 Å². The van der Waals surface area contributed by atoms with Crippen LogP contribution in [0, 0.1) is 0 Å². The molecule has 2 aromatic rings. The fourth-order valence-electron chi connectivity index (χ4n) is 4.36. The minimum atomic E-state index is -0.0752. The van der Waals surface area contributed by atoms with Crippen molar-refractivity contribution in [2.45, 2.75) is 44.8 Å². The maximum atomic E-state index is 12.6. The molecule has 1 saturated heterocycles. The molecule has 1 fully saturated rings. The van der Waals surface area contributed by atoms with E-state index in [4.69, 9.17) is 0 Å². The van der Waals surface area contributed by atoms with Crippen LogP contribution >= 0.6 is 0 Å². The minimum Gasteiger partial charge on any atom is -0.338 e. The number of amides is 4. The highest BCUT2D eigenvalue weighted by molar-refractivity contribution is 5.75. The van der Waals surface area contributed by atoms with Gasteiger partial charge in [0.15, 0.2) is 11.6 Å². The van der Waals surface area contributed by atoms with Gasteiger partial charge in [0.25, 0.3) is 0 Å². The number of urea groups is 2. The topological polar surface area (TPSA) is 86.6 Å². The summed E-state index contributed by atoms with van der Waals surface area (Å²) in [5.74, 6) is 1.62. The molecule has 3 heterocycles. The molecule has 31 heavy (non-hydrogen) atoms. The molecule has 1 N–H and O–H groups in total. The maximum absolute atomic E-state index is 12.6. The number of hydrogen-bond acceptors (Lipinski definition) is 4. The molecule has 0 radical (unpaired) electrons. The van der Waals surface area contributed by atoms with Crippen LogP contribution < -0.4 is 5.32 Å². The Kier molecular flexibility index (Phi) is 6.39. The molecule has 0 bridgehead atoms. The van der Waals surface area contributed by atoms with Crippen molar-refractivity contribution in [1.29, 1.82) is 0 Å². The first-order chi connectivity index (χ1) is 15.0. The van der Waals surface area contributed by atoms with Crippen LogP contribution in [0.5, 0.6) is 0 Å². The lowest BCUT2D eigenvalue weighted by molar-refractivity contribution is 0.122. The Morgan fingerprint density at radius 1 is 1.10 bits per heavy atom. The van der Waals surface area contributed by atoms with Gasteiger partial charge in [-0.05, 0) is 31.2 Å². The van der Waals surface area contributed by atoms with Crippen molar-refractivity contribution in [3.8, 4) is 0 Å². The molecule has 4 rings (SSSR count). The van der Waals surface area contributed by atoms with Gasteiger partial charge in [0, 0.05) is 40.3 Å². The number of carbonyl (C=O) groups excluding carboxylic acids is 2. The highest BCUT2D eigenvalue weighted by Crippen LogP contribution is 2.31. The maximum Gasteiger partial charge on any atom is 0.320 e. The van der Waals surface area contributed by atoms with Crippen LogP contribution in [0.4, 0.5) is 9.59 Å². The third-order valence-corrected chi connectivity index (χ3v) is 6.03. The molecule has 2 aliphatic rings. The van der Waals surface area contributed by atoms with E-state index in [1.54, 1.807) is 23.9 Å². The number of piperidine rings is 1. The average Bonchev–Trinajstić information content (AvgIpc) is 3.22. The van der Waals surface area contributed by atoms with E-state index in [1.807, 2.05) is 23.1 Å². The van der Waals surface area contributed by atoms with Crippen LogP contribution in [0.15, 0.2) is 30.3 Å². The second kappa shape index (κ2) is 9.36. The average molecular weight is 426 g/mol. The zero-order chi connectivity index (χ0) is 21.8. The van der Waals surface area contributed by atoms with Crippen LogP contribution in [0.25, 0.3) is 0 Å². The van der Waals surface area contributed by atoms with Gasteiger partial charge in [0.05, 0.1) is 12.6 Å². The third-order valence-electron chi connectivity index (χ3n) is 6.03. The zero-order valence-electron chi connectivity index (χ0n) is 18.3. The van der Waals surface area contributed by atoms with E-state index >= 15 is 0 Å². The first kappa shape index (κ1) is 21.1. The van der Waals surface area contributed by atoms with Gasteiger partial charge in [-0.2, -0.15) is 0 Å². The predicted molar refractivity (Wildman–Crippen MR) is 116 cm³/mol. The van der Waals surface area contributed by atoms with E-state index in [9.17, 15) is 9.59 Å². The van der Waals surface area contributed by atoms with E-state index < -0.39 is 0 Å². The van der Waals surface area contributed by atoms with E-state index in [1.165, 1.54) is 5.56 Å². The Labute approximate surface area is 183 Å². The first-order valence-electron chi connectivity index (χ1n) is 11.0. The molecule has 1 unspecified atom stereocenters. The SMILES string of the molecule is CN(C)C(=O)N1CCCCC1c1nnc2n1CCN(C(=O)NCCc1ccccc1)C2. The third kappa shape index (κ3) is 4.65. The highest BCUT2D eigenvalue weighted by Gasteiger charge is 2.34. The van der Waals surface area contributed by atoms with Crippen LogP contribution in [0.2, 0.25) is 0 Å². The number of carbonyl (C=O) groups is 2. The second-order valence-electron chi connectivity index (χ2n) is 8.40. The Bertz CT molecular complexity index is 912. The van der Waals surface area contributed by atoms with Crippen molar-refractivity contribution in [3.63, 3.8) is 0 Å². The summed E-state index contributed by atoms with van der Waals surface area (Å²) in [7, 11) is 3.56. The molecular weight excluding hydrogens is 394 g/mol. The summed E-state index contributed by atoms with van der Waals surface area (Å²) in [5, 5.41) is 11.8. The van der Waals surface area contributed by atoms with Crippen molar-refractivity contribution >= 4 is 12.1 Å². The monoisotopic (exact) mass is 425 g/mol. The van der Waals surface area contributed by atoms with E-state index in [0.29, 0.717) is 26.2 Å². The largest absolute Gasteiger partial charge is 0.338 e. The second-order valence-corrected chi connectivity index (χ2v) is 8.40. The van der Waals surface area contributed by atoms with Gasteiger partial charge < -0.3 is 24.6 Å². The van der Waals surface area contributed by atoms with E-state index in [0.717, 1.165) is 43.9 Å². The number of aromatic nitrogens is 3. The summed E-state index contributed by atoms with van der Waals surface area (Å²) in [6, 6.07) is 10.0.